The maximum atomic E-state index is 12.7. The molecule has 0 aliphatic rings. The number of thioether (sulfide) groups is 1. The van der Waals surface area contributed by atoms with Crippen molar-refractivity contribution in [2.75, 3.05) is 17.6 Å². The summed E-state index contributed by atoms with van der Waals surface area (Å²) in [5.74, 6) is -0.864. The molecule has 5 nitrogen and oxygen atoms in total. The molecule has 2 rings (SSSR count). The molecule has 0 spiro atoms. The number of carbonyl (C=O) groups excluding carboxylic acids is 2. The Hall–Kier alpha value is -2.55. The minimum absolute atomic E-state index is 0.0546. The summed E-state index contributed by atoms with van der Waals surface area (Å²) in [4.78, 5) is 28.5. The number of benzene rings is 1. The van der Waals surface area contributed by atoms with E-state index in [4.69, 9.17) is 0 Å². The molecule has 1 aromatic heterocycles. The van der Waals surface area contributed by atoms with Crippen LogP contribution in [0.15, 0.2) is 47.6 Å². The predicted molar refractivity (Wildman–Crippen MR) is 102 cm³/mol. The van der Waals surface area contributed by atoms with Crippen molar-refractivity contribution in [1.82, 2.24) is 10.3 Å². The molecule has 0 aliphatic heterocycles. The first kappa shape index (κ1) is 21.7. The highest BCUT2D eigenvalue weighted by Crippen LogP contribution is 2.30. The van der Waals surface area contributed by atoms with E-state index < -0.39 is 17.6 Å². The molecule has 0 fully saturated rings. The van der Waals surface area contributed by atoms with Crippen LogP contribution in [0.4, 0.5) is 18.9 Å². The highest BCUT2D eigenvalue weighted by molar-refractivity contribution is 8.00. The van der Waals surface area contributed by atoms with Crippen LogP contribution >= 0.6 is 11.8 Å². The summed E-state index contributed by atoms with van der Waals surface area (Å²) in [5, 5.41) is 5.60. The van der Waals surface area contributed by atoms with Crippen molar-refractivity contribution in [1.29, 1.82) is 0 Å². The van der Waals surface area contributed by atoms with E-state index in [1.807, 2.05) is 6.92 Å². The number of halogens is 3. The van der Waals surface area contributed by atoms with Crippen LogP contribution < -0.4 is 10.6 Å². The zero-order valence-corrected chi connectivity index (χ0v) is 16.0. The summed E-state index contributed by atoms with van der Waals surface area (Å²) in [6, 6.07) is 7.65. The molecule has 0 saturated heterocycles. The van der Waals surface area contributed by atoms with Gasteiger partial charge in [-0.15, -0.1) is 0 Å². The van der Waals surface area contributed by atoms with E-state index in [1.165, 1.54) is 18.3 Å². The topological polar surface area (TPSA) is 71.1 Å². The van der Waals surface area contributed by atoms with Crippen LogP contribution in [-0.2, 0) is 11.0 Å². The molecule has 9 heteroatoms. The van der Waals surface area contributed by atoms with Gasteiger partial charge in [-0.05, 0) is 36.8 Å². The van der Waals surface area contributed by atoms with Gasteiger partial charge in [0.15, 0.2) is 0 Å². The number of amides is 2. The number of unbranched alkanes of at least 4 members (excludes halogenated alkanes) is 1. The van der Waals surface area contributed by atoms with E-state index in [0.29, 0.717) is 17.1 Å². The van der Waals surface area contributed by atoms with Crippen molar-refractivity contribution in [3.8, 4) is 0 Å². The van der Waals surface area contributed by atoms with Crippen LogP contribution in [0.2, 0.25) is 0 Å². The van der Waals surface area contributed by atoms with Gasteiger partial charge in [-0.3, -0.25) is 9.59 Å². The molecule has 0 atom stereocenters. The highest BCUT2D eigenvalue weighted by atomic mass is 32.2. The van der Waals surface area contributed by atoms with Gasteiger partial charge in [0.1, 0.15) is 5.03 Å². The van der Waals surface area contributed by atoms with E-state index in [1.54, 1.807) is 12.1 Å². The van der Waals surface area contributed by atoms with Gasteiger partial charge in [-0.1, -0.05) is 31.2 Å². The number of alkyl halides is 3. The molecule has 0 saturated carbocycles. The molecule has 2 amide bonds. The van der Waals surface area contributed by atoms with Crippen molar-refractivity contribution in [3.63, 3.8) is 0 Å². The van der Waals surface area contributed by atoms with E-state index >= 15 is 0 Å². The minimum Gasteiger partial charge on any atom is -0.352 e. The lowest BCUT2D eigenvalue weighted by molar-refractivity contribution is -0.137. The summed E-state index contributed by atoms with van der Waals surface area (Å²) in [7, 11) is 0. The Morgan fingerprint density at radius 1 is 1.18 bits per heavy atom. The van der Waals surface area contributed by atoms with Crippen molar-refractivity contribution in [2.45, 2.75) is 31.0 Å². The molecule has 28 heavy (non-hydrogen) atoms. The van der Waals surface area contributed by atoms with E-state index in [9.17, 15) is 22.8 Å². The number of hydrogen-bond donors (Lipinski definition) is 2. The van der Waals surface area contributed by atoms with Crippen LogP contribution in [0.5, 0.6) is 0 Å². The van der Waals surface area contributed by atoms with E-state index in [0.717, 1.165) is 36.7 Å². The van der Waals surface area contributed by atoms with E-state index in [-0.39, 0.29) is 17.3 Å². The zero-order valence-electron chi connectivity index (χ0n) is 15.2. The van der Waals surface area contributed by atoms with Crippen LogP contribution in [0, 0.1) is 0 Å². The Labute approximate surface area is 165 Å². The first-order chi connectivity index (χ1) is 13.3. The van der Waals surface area contributed by atoms with Crippen LogP contribution in [0.25, 0.3) is 0 Å². The Balaban J connectivity index is 1.97. The smallest absolute Gasteiger partial charge is 0.352 e. The molecule has 0 unspecified atom stereocenters. The predicted octanol–water partition coefficient (Wildman–Crippen LogP) is 4.36. The molecular formula is C19H20F3N3O2S. The molecule has 0 aliphatic carbocycles. The number of rotatable bonds is 8. The maximum absolute atomic E-state index is 12.7. The SMILES string of the molecule is CCCCNC(=O)c1cccnc1SCC(=O)Nc1cccc(C(F)(F)F)c1. The second-order valence-corrected chi connectivity index (χ2v) is 6.85. The number of pyridine rings is 1. The third kappa shape index (κ3) is 6.56. The summed E-state index contributed by atoms with van der Waals surface area (Å²) in [6.07, 6.45) is -1.17. The fourth-order valence-corrected chi connectivity index (χ4v) is 3.05. The van der Waals surface area contributed by atoms with Crippen LogP contribution in [-0.4, -0.2) is 29.1 Å². The summed E-state index contributed by atoms with van der Waals surface area (Å²) < 4.78 is 38.2. The number of nitrogens with zero attached hydrogens (tertiary/aromatic N) is 1. The Kier molecular flexibility index (Phi) is 7.86. The largest absolute Gasteiger partial charge is 0.416 e. The number of carbonyl (C=O) groups is 2. The fraction of sp³-hybridized carbons (Fsp3) is 0.316. The first-order valence-corrected chi connectivity index (χ1v) is 9.63. The average molecular weight is 411 g/mol. The first-order valence-electron chi connectivity index (χ1n) is 8.64. The Bertz CT molecular complexity index is 828. The second kappa shape index (κ2) is 10.1. The van der Waals surface area contributed by atoms with Gasteiger partial charge in [0.25, 0.3) is 5.91 Å². The second-order valence-electron chi connectivity index (χ2n) is 5.88. The molecule has 1 aromatic carbocycles. The Morgan fingerprint density at radius 2 is 1.96 bits per heavy atom. The summed E-state index contributed by atoms with van der Waals surface area (Å²) in [5.41, 5.74) is -0.428. The van der Waals surface area contributed by atoms with Gasteiger partial charge in [0, 0.05) is 18.4 Å². The van der Waals surface area contributed by atoms with Crippen molar-refractivity contribution < 1.29 is 22.8 Å². The molecule has 150 valence electrons. The van der Waals surface area contributed by atoms with Crippen molar-refractivity contribution in [2.24, 2.45) is 0 Å². The summed E-state index contributed by atoms with van der Waals surface area (Å²) in [6.45, 7) is 2.56. The molecule has 0 bridgehead atoms. The van der Waals surface area contributed by atoms with Gasteiger partial charge >= 0.3 is 6.18 Å². The number of nitrogens with one attached hydrogen (secondary N) is 2. The highest BCUT2D eigenvalue weighted by Gasteiger charge is 2.30. The number of aromatic nitrogens is 1. The third-order valence-electron chi connectivity index (χ3n) is 3.65. The van der Waals surface area contributed by atoms with Gasteiger partial charge < -0.3 is 10.6 Å². The van der Waals surface area contributed by atoms with E-state index in [2.05, 4.69) is 15.6 Å². The molecule has 1 heterocycles. The van der Waals surface area contributed by atoms with Gasteiger partial charge in [-0.2, -0.15) is 13.2 Å². The lowest BCUT2D eigenvalue weighted by Crippen LogP contribution is -2.25. The van der Waals surface area contributed by atoms with Gasteiger partial charge in [0.2, 0.25) is 5.91 Å². The standard InChI is InChI=1S/C19H20F3N3O2S/c1-2-3-9-23-17(27)15-8-5-10-24-18(15)28-12-16(26)25-14-7-4-6-13(11-14)19(20,21)22/h4-8,10-11H,2-3,9,12H2,1H3,(H,23,27)(H,25,26). The number of hydrogen-bond acceptors (Lipinski definition) is 4. The molecule has 2 aromatic rings. The fourth-order valence-electron chi connectivity index (χ4n) is 2.26. The van der Waals surface area contributed by atoms with Gasteiger partial charge in [-0.25, -0.2) is 4.98 Å². The summed E-state index contributed by atoms with van der Waals surface area (Å²) >= 11 is 1.05. The maximum Gasteiger partial charge on any atom is 0.416 e. The monoisotopic (exact) mass is 411 g/mol. The molecular weight excluding hydrogens is 391 g/mol. The third-order valence-corrected chi connectivity index (χ3v) is 4.65. The molecule has 0 radical (unpaired) electrons. The quantitative estimate of drug-likeness (QED) is 0.500. The number of anilines is 1. The normalized spacial score (nSPS) is 11.1. The lowest BCUT2D eigenvalue weighted by Gasteiger charge is -2.11. The zero-order chi connectivity index (χ0) is 20.6. The van der Waals surface area contributed by atoms with Crippen molar-refractivity contribution >= 4 is 29.3 Å². The Morgan fingerprint density at radius 3 is 2.68 bits per heavy atom. The molecule has 2 N–H and O–H groups in total. The minimum atomic E-state index is -4.48. The lowest BCUT2D eigenvalue weighted by atomic mass is 10.2. The van der Waals surface area contributed by atoms with Gasteiger partial charge in [0.05, 0.1) is 16.9 Å². The van der Waals surface area contributed by atoms with Crippen LogP contribution in [0.1, 0.15) is 35.7 Å². The average Bonchev–Trinajstić information content (AvgIpc) is 2.66. The van der Waals surface area contributed by atoms with Crippen molar-refractivity contribution in [3.05, 3.63) is 53.7 Å². The van der Waals surface area contributed by atoms with Crippen LogP contribution in [0.3, 0.4) is 0 Å².